The highest BCUT2D eigenvalue weighted by Crippen LogP contribution is 2.25. The van der Waals surface area contributed by atoms with E-state index < -0.39 is 28.3 Å². The molecular weight excluding hydrogens is 366 g/mol. The first-order chi connectivity index (χ1) is 11.7. The van der Waals surface area contributed by atoms with E-state index in [-0.39, 0.29) is 15.6 Å². The van der Waals surface area contributed by atoms with Gasteiger partial charge in [-0.2, -0.15) is 0 Å². The van der Waals surface area contributed by atoms with Gasteiger partial charge in [0.15, 0.2) is 16.4 Å². The molecule has 0 aliphatic carbocycles. The molecule has 0 aliphatic heterocycles. The van der Waals surface area contributed by atoms with Crippen LogP contribution in [-0.2, 0) is 19.4 Å². The summed E-state index contributed by atoms with van der Waals surface area (Å²) in [6.45, 7) is 1.36. The van der Waals surface area contributed by atoms with Crippen molar-refractivity contribution in [2.45, 2.75) is 11.8 Å². The number of halogens is 1. The summed E-state index contributed by atoms with van der Waals surface area (Å²) in [6.07, 6.45) is 1.05. The number of anilines is 1. The highest BCUT2D eigenvalue weighted by molar-refractivity contribution is 7.90. The van der Waals surface area contributed by atoms with Crippen LogP contribution in [0.4, 0.5) is 5.69 Å². The van der Waals surface area contributed by atoms with Gasteiger partial charge in [-0.1, -0.05) is 29.3 Å². The van der Waals surface area contributed by atoms with Gasteiger partial charge in [0, 0.05) is 6.26 Å². The molecule has 0 spiro atoms. The van der Waals surface area contributed by atoms with Crippen LogP contribution >= 0.6 is 11.6 Å². The molecule has 25 heavy (non-hydrogen) atoms. The second-order valence-electron chi connectivity index (χ2n) is 5.40. The summed E-state index contributed by atoms with van der Waals surface area (Å²) in [5.74, 6) is -1.26. The third-order valence-corrected chi connectivity index (χ3v) is 4.70. The van der Waals surface area contributed by atoms with Gasteiger partial charge in [0.25, 0.3) is 5.91 Å². The van der Waals surface area contributed by atoms with E-state index in [1.54, 1.807) is 24.3 Å². The van der Waals surface area contributed by atoms with E-state index in [1.165, 1.54) is 18.2 Å². The molecule has 0 heterocycles. The largest absolute Gasteiger partial charge is 0.452 e. The third-order valence-electron chi connectivity index (χ3n) is 3.26. The maximum Gasteiger partial charge on any atom is 0.338 e. The zero-order valence-corrected chi connectivity index (χ0v) is 15.1. The Morgan fingerprint density at radius 3 is 2.36 bits per heavy atom. The normalized spacial score (nSPS) is 11.0. The Hall–Kier alpha value is -2.38. The average Bonchev–Trinajstić information content (AvgIpc) is 2.54. The summed E-state index contributed by atoms with van der Waals surface area (Å²) < 4.78 is 28.0. The molecule has 0 aliphatic rings. The molecule has 0 radical (unpaired) electrons. The van der Waals surface area contributed by atoms with Gasteiger partial charge in [-0.25, -0.2) is 13.2 Å². The van der Waals surface area contributed by atoms with Crippen molar-refractivity contribution < 1.29 is 22.7 Å². The molecule has 0 unspecified atom stereocenters. The Balaban J connectivity index is 2.01. The van der Waals surface area contributed by atoms with E-state index in [1.807, 2.05) is 6.92 Å². The number of rotatable bonds is 5. The van der Waals surface area contributed by atoms with Crippen LogP contribution in [0.15, 0.2) is 47.4 Å². The smallest absolute Gasteiger partial charge is 0.338 e. The highest BCUT2D eigenvalue weighted by Gasteiger charge is 2.14. The molecule has 0 bridgehead atoms. The number of sulfone groups is 1. The van der Waals surface area contributed by atoms with Crippen molar-refractivity contribution >= 4 is 39.0 Å². The number of carbonyl (C=O) groups excluding carboxylic acids is 2. The number of aryl methyl sites for hydroxylation is 1. The van der Waals surface area contributed by atoms with Crippen LogP contribution in [0.2, 0.25) is 5.02 Å². The molecule has 1 N–H and O–H groups in total. The number of amides is 1. The number of nitrogens with one attached hydrogen (secondary N) is 1. The van der Waals surface area contributed by atoms with Gasteiger partial charge in [-0.05, 0) is 37.3 Å². The number of benzene rings is 2. The van der Waals surface area contributed by atoms with Gasteiger partial charge < -0.3 is 10.1 Å². The topological polar surface area (TPSA) is 89.5 Å². The fourth-order valence-corrected chi connectivity index (χ4v) is 2.73. The second kappa shape index (κ2) is 7.67. The van der Waals surface area contributed by atoms with Crippen LogP contribution in [0.1, 0.15) is 15.9 Å². The van der Waals surface area contributed by atoms with Crippen LogP contribution in [0.3, 0.4) is 0 Å². The first kappa shape index (κ1) is 19.0. The van der Waals surface area contributed by atoms with Crippen molar-refractivity contribution in [3.05, 3.63) is 58.6 Å². The quantitative estimate of drug-likeness (QED) is 0.804. The number of carbonyl (C=O) groups is 2. The summed E-state index contributed by atoms with van der Waals surface area (Å²) >= 11 is 5.95. The van der Waals surface area contributed by atoms with Crippen molar-refractivity contribution in [2.75, 3.05) is 18.2 Å². The van der Waals surface area contributed by atoms with Crippen molar-refractivity contribution in [1.29, 1.82) is 0 Å². The fraction of sp³-hybridized carbons (Fsp3) is 0.176. The monoisotopic (exact) mass is 381 g/mol. The van der Waals surface area contributed by atoms with Crippen LogP contribution in [-0.4, -0.2) is 33.2 Å². The predicted octanol–water partition coefficient (Wildman–Crippen LogP) is 2.85. The van der Waals surface area contributed by atoms with Gasteiger partial charge >= 0.3 is 5.97 Å². The lowest BCUT2D eigenvalue weighted by molar-refractivity contribution is -0.119. The molecule has 0 aromatic heterocycles. The maximum absolute atomic E-state index is 11.9. The summed E-state index contributed by atoms with van der Waals surface area (Å²) in [4.78, 5) is 23.8. The molecule has 0 saturated heterocycles. The van der Waals surface area contributed by atoms with E-state index in [4.69, 9.17) is 16.3 Å². The molecule has 0 fully saturated rings. The summed E-state index contributed by atoms with van der Waals surface area (Å²) in [6, 6.07) is 10.7. The molecule has 2 rings (SSSR count). The van der Waals surface area contributed by atoms with Gasteiger partial charge in [-0.15, -0.1) is 0 Å². The summed E-state index contributed by atoms with van der Waals surface area (Å²) in [7, 11) is -3.44. The zero-order valence-electron chi connectivity index (χ0n) is 13.6. The minimum atomic E-state index is -3.44. The van der Waals surface area contributed by atoms with Gasteiger partial charge in [0.2, 0.25) is 0 Å². The lowest BCUT2D eigenvalue weighted by atomic mass is 10.1. The van der Waals surface area contributed by atoms with Gasteiger partial charge in [-0.3, -0.25) is 4.79 Å². The fourth-order valence-electron chi connectivity index (χ4n) is 1.92. The highest BCUT2D eigenvalue weighted by atomic mass is 35.5. The van der Waals surface area contributed by atoms with E-state index in [2.05, 4.69) is 5.32 Å². The maximum atomic E-state index is 11.9. The van der Waals surface area contributed by atoms with E-state index in [0.29, 0.717) is 5.56 Å². The van der Waals surface area contributed by atoms with Crippen molar-refractivity contribution in [3.63, 3.8) is 0 Å². The summed E-state index contributed by atoms with van der Waals surface area (Å²) in [5.41, 5.74) is 1.45. The third kappa shape index (κ3) is 5.30. The van der Waals surface area contributed by atoms with E-state index in [9.17, 15) is 18.0 Å². The molecule has 0 atom stereocenters. The van der Waals surface area contributed by atoms with Crippen LogP contribution in [0.25, 0.3) is 0 Å². The lowest BCUT2D eigenvalue weighted by Crippen LogP contribution is -2.21. The first-order valence-corrected chi connectivity index (χ1v) is 9.47. The van der Waals surface area contributed by atoms with E-state index >= 15 is 0 Å². The Kier molecular flexibility index (Phi) is 5.81. The van der Waals surface area contributed by atoms with E-state index in [0.717, 1.165) is 11.8 Å². The molecule has 2 aromatic carbocycles. The minimum absolute atomic E-state index is 0.0175. The van der Waals surface area contributed by atoms with Crippen LogP contribution in [0.5, 0.6) is 0 Å². The molecule has 132 valence electrons. The Bertz CT molecular complexity index is 907. The zero-order chi connectivity index (χ0) is 18.6. The number of ether oxygens (including phenoxy) is 1. The lowest BCUT2D eigenvalue weighted by Gasteiger charge is -2.09. The molecular formula is C17H16ClNO5S. The molecule has 6 nitrogen and oxygen atoms in total. The second-order valence-corrected chi connectivity index (χ2v) is 7.83. The Morgan fingerprint density at radius 2 is 1.76 bits per heavy atom. The van der Waals surface area contributed by atoms with Crippen molar-refractivity contribution in [2.24, 2.45) is 0 Å². The molecule has 1 amide bonds. The predicted molar refractivity (Wildman–Crippen MR) is 94.7 cm³/mol. The van der Waals surface area contributed by atoms with Crippen LogP contribution in [0, 0.1) is 6.92 Å². The molecule has 0 saturated carbocycles. The Morgan fingerprint density at radius 1 is 1.12 bits per heavy atom. The number of hydrogen-bond acceptors (Lipinski definition) is 5. The Labute approximate surface area is 150 Å². The number of esters is 1. The van der Waals surface area contributed by atoms with Crippen molar-refractivity contribution in [3.8, 4) is 0 Å². The van der Waals surface area contributed by atoms with Crippen molar-refractivity contribution in [1.82, 2.24) is 0 Å². The minimum Gasteiger partial charge on any atom is -0.452 e. The standard InChI is InChI=1S/C17H16ClNO5S/c1-11-3-5-12(6-4-11)17(21)24-10-16(20)19-15-9-13(25(2,22)23)7-8-14(15)18/h3-9H,10H2,1-2H3,(H,19,20). The van der Waals surface area contributed by atoms with Crippen LogP contribution < -0.4 is 5.32 Å². The van der Waals surface area contributed by atoms with Gasteiger partial charge in [0.1, 0.15) is 0 Å². The first-order valence-electron chi connectivity index (χ1n) is 7.20. The number of hydrogen-bond donors (Lipinski definition) is 1. The average molecular weight is 382 g/mol. The summed E-state index contributed by atoms with van der Waals surface area (Å²) in [5, 5.41) is 2.60. The molecule has 8 heteroatoms. The SMILES string of the molecule is Cc1ccc(C(=O)OCC(=O)Nc2cc(S(C)(=O)=O)ccc2Cl)cc1. The molecule has 2 aromatic rings. The van der Waals surface area contributed by atoms with Gasteiger partial charge in [0.05, 0.1) is 21.2 Å².